The summed E-state index contributed by atoms with van der Waals surface area (Å²) in [7, 11) is 0. The summed E-state index contributed by atoms with van der Waals surface area (Å²) in [4.78, 5) is 0. The lowest BCUT2D eigenvalue weighted by Gasteiger charge is -2.09. The maximum Gasteiger partial charge on any atom is 0.0483 e. The molecule has 2 nitrogen and oxygen atoms in total. The van der Waals surface area contributed by atoms with E-state index in [1.54, 1.807) is 0 Å². The van der Waals surface area contributed by atoms with E-state index in [9.17, 15) is 0 Å². The molecule has 0 aliphatic carbocycles. The zero-order chi connectivity index (χ0) is 14.4. The van der Waals surface area contributed by atoms with Gasteiger partial charge in [-0.15, -0.1) is 0 Å². The van der Waals surface area contributed by atoms with Crippen molar-refractivity contribution in [3.63, 3.8) is 0 Å². The molecule has 1 aromatic heterocycles. The number of benzene rings is 1. The van der Waals surface area contributed by atoms with E-state index >= 15 is 0 Å². The van der Waals surface area contributed by atoms with Crippen LogP contribution in [0, 0.1) is 5.92 Å². The molecular weight excluding hydrogens is 264 g/mol. The van der Waals surface area contributed by atoms with E-state index in [4.69, 9.17) is 0 Å². The monoisotopic (exact) mass is 290 g/mol. The van der Waals surface area contributed by atoms with Crippen molar-refractivity contribution in [1.82, 2.24) is 9.88 Å². The van der Waals surface area contributed by atoms with Crippen molar-refractivity contribution in [1.29, 1.82) is 0 Å². The lowest BCUT2D eigenvalue weighted by molar-refractivity contribution is 0.553. The van der Waals surface area contributed by atoms with E-state index in [1.807, 2.05) is 11.8 Å². The molecule has 0 fully saturated rings. The van der Waals surface area contributed by atoms with Crippen molar-refractivity contribution in [3.8, 4) is 0 Å². The highest BCUT2D eigenvalue weighted by molar-refractivity contribution is 7.98. The van der Waals surface area contributed by atoms with Gasteiger partial charge < -0.3 is 9.88 Å². The van der Waals surface area contributed by atoms with Gasteiger partial charge in [0, 0.05) is 30.2 Å². The molecule has 20 heavy (non-hydrogen) atoms. The minimum absolute atomic E-state index is 0.699. The lowest BCUT2D eigenvalue weighted by atomic mass is 10.1. The predicted molar refractivity (Wildman–Crippen MR) is 91.5 cm³/mol. The first-order chi connectivity index (χ1) is 9.72. The van der Waals surface area contributed by atoms with Crippen LogP contribution in [0.15, 0.2) is 30.5 Å². The average Bonchev–Trinajstić information content (AvgIpc) is 2.83. The number of rotatable bonds is 8. The zero-order valence-corrected chi connectivity index (χ0v) is 13.7. The fourth-order valence-corrected chi connectivity index (χ4v) is 2.93. The molecule has 0 radical (unpaired) electrons. The normalized spacial score (nSPS) is 11.6. The van der Waals surface area contributed by atoms with Crippen LogP contribution in [0.1, 0.15) is 25.8 Å². The quantitative estimate of drug-likeness (QED) is 0.736. The van der Waals surface area contributed by atoms with Gasteiger partial charge in [-0.05, 0) is 48.6 Å². The minimum Gasteiger partial charge on any atom is -0.347 e. The number of hydrogen-bond donors (Lipinski definition) is 1. The van der Waals surface area contributed by atoms with Crippen molar-refractivity contribution in [2.75, 3.05) is 18.6 Å². The predicted octanol–water partition coefficient (Wildman–Crippen LogP) is 4.14. The van der Waals surface area contributed by atoms with Gasteiger partial charge in [0.2, 0.25) is 0 Å². The minimum atomic E-state index is 0.699. The number of nitrogens with one attached hydrogen (secondary N) is 1. The molecule has 0 saturated heterocycles. The Labute approximate surface area is 126 Å². The van der Waals surface area contributed by atoms with Crippen molar-refractivity contribution < 1.29 is 0 Å². The fraction of sp³-hybridized carbons (Fsp3) is 0.529. The molecule has 0 saturated carbocycles. The van der Waals surface area contributed by atoms with Gasteiger partial charge in [-0.1, -0.05) is 26.0 Å². The van der Waals surface area contributed by atoms with Crippen LogP contribution in [0.3, 0.4) is 0 Å². The second-order valence-corrected chi connectivity index (χ2v) is 6.72. The third kappa shape index (κ3) is 4.03. The SMILES string of the molecule is CSCCCn1ccc2c(CNCC(C)C)cccc21. The second kappa shape index (κ2) is 7.75. The molecule has 3 heteroatoms. The molecule has 0 aliphatic heterocycles. The Balaban J connectivity index is 2.08. The van der Waals surface area contributed by atoms with Crippen molar-refractivity contribution in [2.24, 2.45) is 5.92 Å². The molecule has 0 atom stereocenters. The summed E-state index contributed by atoms with van der Waals surface area (Å²) in [6.45, 7) is 7.65. The number of hydrogen-bond acceptors (Lipinski definition) is 2. The number of nitrogens with zero attached hydrogens (tertiary/aromatic N) is 1. The van der Waals surface area contributed by atoms with Gasteiger partial charge in [-0.2, -0.15) is 11.8 Å². The van der Waals surface area contributed by atoms with Gasteiger partial charge in [-0.25, -0.2) is 0 Å². The molecule has 0 aliphatic rings. The standard InChI is InChI=1S/C17H26N2S/c1-14(2)12-18-13-15-6-4-7-17-16(15)8-10-19(17)9-5-11-20-3/h4,6-8,10,14,18H,5,9,11-13H2,1-3H3. The highest BCUT2D eigenvalue weighted by atomic mass is 32.2. The van der Waals surface area contributed by atoms with Crippen LogP contribution >= 0.6 is 11.8 Å². The third-order valence-corrected chi connectivity index (χ3v) is 4.22. The molecule has 110 valence electrons. The molecule has 2 aromatic rings. The molecule has 1 N–H and O–H groups in total. The van der Waals surface area contributed by atoms with Crippen molar-refractivity contribution >= 4 is 22.7 Å². The smallest absolute Gasteiger partial charge is 0.0483 e. The lowest BCUT2D eigenvalue weighted by Crippen LogP contribution is -2.19. The summed E-state index contributed by atoms with van der Waals surface area (Å²) in [5.41, 5.74) is 2.78. The van der Waals surface area contributed by atoms with Gasteiger partial charge in [0.15, 0.2) is 0 Å². The molecule has 0 spiro atoms. The summed E-state index contributed by atoms with van der Waals surface area (Å²) in [5, 5.41) is 4.94. The van der Waals surface area contributed by atoms with E-state index < -0.39 is 0 Å². The van der Waals surface area contributed by atoms with Gasteiger partial charge in [0.05, 0.1) is 0 Å². The summed E-state index contributed by atoms with van der Waals surface area (Å²) < 4.78 is 2.39. The summed E-state index contributed by atoms with van der Waals surface area (Å²) in [6, 6.07) is 8.92. The van der Waals surface area contributed by atoms with Crippen molar-refractivity contribution in [3.05, 3.63) is 36.0 Å². The van der Waals surface area contributed by atoms with Crippen LogP contribution in [-0.2, 0) is 13.1 Å². The van der Waals surface area contributed by atoms with Crippen LogP contribution in [0.25, 0.3) is 10.9 Å². The largest absolute Gasteiger partial charge is 0.347 e. The Kier molecular flexibility index (Phi) is 5.99. The Morgan fingerprint density at radius 1 is 1.25 bits per heavy atom. The van der Waals surface area contributed by atoms with E-state index in [0.29, 0.717) is 5.92 Å². The van der Waals surface area contributed by atoms with Gasteiger partial charge in [-0.3, -0.25) is 0 Å². The number of aromatic nitrogens is 1. The van der Waals surface area contributed by atoms with Gasteiger partial charge in [0.25, 0.3) is 0 Å². The van der Waals surface area contributed by atoms with Gasteiger partial charge >= 0.3 is 0 Å². The van der Waals surface area contributed by atoms with E-state index in [1.165, 1.54) is 28.6 Å². The summed E-state index contributed by atoms with van der Waals surface area (Å²) >= 11 is 1.92. The number of thioether (sulfide) groups is 1. The van der Waals surface area contributed by atoms with Crippen LogP contribution in [0.4, 0.5) is 0 Å². The Morgan fingerprint density at radius 3 is 2.85 bits per heavy atom. The zero-order valence-electron chi connectivity index (χ0n) is 12.9. The van der Waals surface area contributed by atoms with Crippen molar-refractivity contribution in [2.45, 2.75) is 33.4 Å². The fourth-order valence-electron chi connectivity index (χ4n) is 2.51. The first-order valence-corrected chi connectivity index (χ1v) is 8.88. The van der Waals surface area contributed by atoms with Crippen LogP contribution < -0.4 is 5.32 Å². The highest BCUT2D eigenvalue weighted by Gasteiger charge is 2.05. The molecule has 1 heterocycles. The number of aryl methyl sites for hydroxylation is 1. The molecule has 0 amide bonds. The van der Waals surface area contributed by atoms with Crippen LogP contribution in [0.5, 0.6) is 0 Å². The van der Waals surface area contributed by atoms with Crippen LogP contribution in [-0.4, -0.2) is 23.1 Å². The Morgan fingerprint density at radius 2 is 2.10 bits per heavy atom. The molecule has 0 unspecified atom stereocenters. The van der Waals surface area contributed by atoms with E-state index in [-0.39, 0.29) is 0 Å². The first-order valence-electron chi connectivity index (χ1n) is 7.48. The van der Waals surface area contributed by atoms with E-state index in [2.05, 4.69) is 60.4 Å². The third-order valence-electron chi connectivity index (χ3n) is 3.52. The summed E-state index contributed by atoms with van der Waals surface area (Å²) in [5.74, 6) is 1.93. The molecule has 2 rings (SSSR count). The van der Waals surface area contributed by atoms with Gasteiger partial charge in [0.1, 0.15) is 0 Å². The first kappa shape index (κ1) is 15.5. The molecule has 1 aromatic carbocycles. The van der Waals surface area contributed by atoms with Crippen LogP contribution in [0.2, 0.25) is 0 Å². The van der Waals surface area contributed by atoms with E-state index in [0.717, 1.165) is 19.6 Å². The Bertz CT molecular complexity index is 531. The maximum absolute atomic E-state index is 3.54. The topological polar surface area (TPSA) is 17.0 Å². The molecule has 0 bridgehead atoms. The second-order valence-electron chi connectivity index (χ2n) is 5.73. The number of fused-ring (bicyclic) bond motifs is 1. The summed E-state index contributed by atoms with van der Waals surface area (Å²) in [6.07, 6.45) is 5.64. The highest BCUT2D eigenvalue weighted by Crippen LogP contribution is 2.21. The molecular formula is C17H26N2S. The average molecular weight is 290 g/mol. The Hall–Kier alpha value is -0.930. The maximum atomic E-state index is 3.54.